The van der Waals surface area contributed by atoms with Gasteiger partial charge in [-0.1, -0.05) is 12.1 Å². The molecule has 0 bridgehead atoms. The maximum absolute atomic E-state index is 12.8. The largest absolute Gasteiger partial charge is 0.508 e. The van der Waals surface area contributed by atoms with Gasteiger partial charge >= 0.3 is 0 Å². The van der Waals surface area contributed by atoms with E-state index >= 15 is 0 Å². The smallest absolute Gasteiger partial charge is 0.242 e. The van der Waals surface area contributed by atoms with E-state index in [4.69, 9.17) is 0 Å². The van der Waals surface area contributed by atoms with Crippen molar-refractivity contribution in [2.75, 3.05) is 0 Å². The first-order chi connectivity index (χ1) is 12.7. The third-order valence-corrected chi connectivity index (χ3v) is 3.96. The fraction of sp³-hybridized carbons (Fsp3) is 0.150. The number of hydrogen-bond acceptors (Lipinski definition) is 5. The fourth-order valence-electron chi connectivity index (χ4n) is 2.54. The quantitative estimate of drug-likeness (QED) is 0.610. The van der Waals surface area contributed by atoms with Crippen LogP contribution in [-0.4, -0.2) is 21.0 Å². The molecule has 0 aliphatic rings. The van der Waals surface area contributed by atoms with Gasteiger partial charge in [-0.05, 0) is 53.1 Å². The van der Waals surface area contributed by atoms with Crippen LogP contribution in [0.2, 0.25) is 0 Å². The van der Waals surface area contributed by atoms with Crippen LogP contribution in [0.15, 0.2) is 73.3 Å². The number of phenols is 1. The summed E-state index contributed by atoms with van der Waals surface area (Å²) in [4.78, 5) is 20.7. The van der Waals surface area contributed by atoms with E-state index in [1.165, 1.54) is 0 Å². The summed E-state index contributed by atoms with van der Waals surface area (Å²) in [5.74, 6) is 0.0281. The van der Waals surface area contributed by atoms with Crippen LogP contribution in [0.25, 0.3) is 0 Å². The maximum Gasteiger partial charge on any atom is 0.242 e. The average molecular weight is 348 g/mol. The highest BCUT2D eigenvalue weighted by Gasteiger charge is 2.20. The summed E-state index contributed by atoms with van der Waals surface area (Å²) >= 11 is 0. The minimum Gasteiger partial charge on any atom is -0.508 e. The lowest BCUT2D eigenvalue weighted by Crippen LogP contribution is -2.37. The van der Waals surface area contributed by atoms with Gasteiger partial charge in [0.15, 0.2) is 0 Å². The first kappa shape index (κ1) is 17.6. The molecule has 0 aliphatic carbocycles. The Morgan fingerprint density at radius 1 is 0.846 bits per heavy atom. The van der Waals surface area contributed by atoms with Crippen LogP contribution in [-0.2, 0) is 17.9 Å². The number of carbonyl (C=O) groups excluding carboxylic acids is 1. The zero-order valence-electron chi connectivity index (χ0n) is 14.2. The van der Waals surface area contributed by atoms with Crippen LogP contribution in [0.5, 0.6) is 5.75 Å². The van der Waals surface area contributed by atoms with Gasteiger partial charge < -0.3 is 10.4 Å². The van der Waals surface area contributed by atoms with Gasteiger partial charge in [-0.15, -0.1) is 0 Å². The lowest BCUT2D eigenvalue weighted by molar-refractivity contribution is -0.123. The minimum absolute atomic E-state index is 0.137. The van der Waals surface area contributed by atoms with E-state index in [9.17, 15) is 9.90 Å². The van der Waals surface area contributed by atoms with E-state index in [0.29, 0.717) is 13.1 Å². The predicted molar refractivity (Wildman–Crippen MR) is 98.0 cm³/mol. The van der Waals surface area contributed by atoms with E-state index in [1.807, 2.05) is 24.3 Å². The van der Waals surface area contributed by atoms with Gasteiger partial charge in [-0.2, -0.15) is 0 Å². The molecule has 1 atom stereocenters. The van der Waals surface area contributed by atoms with Crippen LogP contribution in [0.4, 0.5) is 0 Å². The molecule has 6 nitrogen and oxygen atoms in total. The second-order valence-electron chi connectivity index (χ2n) is 5.83. The average Bonchev–Trinajstić information content (AvgIpc) is 2.69. The molecule has 3 rings (SSSR count). The van der Waals surface area contributed by atoms with Gasteiger partial charge in [-0.25, -0.2) is 0 Å². The summed E-state index contributed by atoms with van der Waals surface area (Å²) in [6.45, 7) is 0.948. The Kier molecular flexibility index (Phi) is 5.90. The highest BCUT2D eigenvalue weighted by molar-refractivity contribution is 5.83. The fourth-order valence-corrected chi connectivity index (χ4v) is 2.54. The van der Waals surface area contributed by atoms with Crippen molar-refractivity contribution < 1.29 is 9.90 Å². The number of rotatable bonds is 7. The number of phenolic OH excluding ortho intramolecular Hbond substituents is 1. The number of nitrogens with one attached hydrogen (secondary N) is 2. The Bertz CT molecular complexity index is 823. The number of nitrogens with zero attached hydrogens (tertiary/aromatic N) is 2. The van der Waals surface area contributed by atoms with Crippen molar-refractivity contribution in [3.05, 3.63) is 90.0 Å². The lowest BCUT2D eigenvalue weighted by atomic mass is 10.1. The molecule has 26 heavy (non-hydrogen) atoms. The highest BCUT2D eigenvalue weighted by atomic mass is 16.3. The lowest BCUT2D eigenvalue weighted by Gasteiger charge is -2.19. The number of aromatic nitrogens is 2. The summed E-state index contributed by atoms with van der Waals surface area (Å²) in [6.07, 6.45) is 6.83. The third-order valence-electron chi connectivity index (χ3n) is 3.96. The van der Waals surface area contributed by atoms with Crippen LogP contribution in [0.1, 0.15) is 22.7 Å². The van der Waals surface area contributed by atoms with Crippen molar-refractivity contribution >= 4 is 5.91 Å². The van der Waals surface area contributed by atoms with Gasteiger partial charge in [0.1, 0.15) is 11.8 Å². The molecule has 0 saturated carbocycles. The molecule has 1 unspecified atom stereocenters. The predicted octanol–water partition coefficient (Wildman–Crippen LogP) is 2.33. The Morgan fingerprint density at radius 3 is 1.96 bits per heavy atom. The monoisotopic (exact) mass is 348 g/mol. The second kappa shape index (κ2) is 8.73. The van der Waals surface area contributed by atoms with Crippen molar-refractivity contribution in [1.82, 2.24) is 20.6 Å². The zero-order valence-corrected chi connectivity index (χ0v) is 14.2. The summed E-state index contributed by atoms with van der Waals surface area (Å²) in [7, 11) is 0. The van der Waals surface area contributed by atoms with Crippen LogP contribution in [0, 0.1) is 0 Å². The van der Waals surface area contributed by atoms with Crippen LogP contribution < -0.4 is 10.6 Å². The molecular weight excluding hydrogens is 328 g/mol. The van der Waals surface area contributed by atoms with E-state index in [-0.39, 0.29) is 11.7 Å². The highest BCUT2D eigenvalue weighted by Crippen LogP contribution is 2.18. The van der Waals surface area contributed by atoms with Crippen LogP contribution >= 0.6 is 0 Å². The minimum atomic E-state index is -0.536. The molecular formula is C20H20N4O2. The number of carbonyl (C=O) groups is 1. The molecule has 132 valence electrons. The maximum atomic E-state index is 12.8. The van der Waals surface area contributed by atoms with Gasteiger partial charge in [0.2, 0.25) is 5.91 Å². The number of benzene rings is 1. The van der Waals surface area contributed by atoms with Gasteiger partial charge in [0.25, 0.3) is 0 Å². The van der Waals surface area contributed by atoms with Gasteiger partial charge in [0, 0.05) is 37.9 Å². The molecule has 1 amide bonds. The van der Waals surface area contributed by atoms with Gasteiger partial charge in [0.05, 0.1) is 0 Å². The van der Waals surface area contributed by atoms with E-state index in [1.54, 1.807) is 49.1 Å². The summed E-state index contributed by atoms with van der Waals surface area (Å²) in [5.41, 5.74) is 2.79. The van der Waals surface area contributed by atoms with E-state index < -0.39 is 6.04 Å². The molecule has 0 radical (unpaired) electrons. The standard InChI is InChI=1S/C20H20N4O2/c25-18-3-1-17(2-4-18)19(23-13-15-5-9-21-10-6-15)20(26)24-14-16-7-11-22-12-8-16/h1-12,19,23,25H,13-14H2,(H,24,26). The molecule has 3 aromatic rings. The summed E-state index contributed by atoms with van der Waals surface area (Å²) < 4.78 is 0. The first-order valence-electron chi connectivity index (χ1n) is 8.30. The molecule has 0 aliphatic heterocycles. The van der Waals surface area contributed by atoms with Crippen molar-refractivity contribution in [3.8, 4) is 5.75 Å². The topological polar surface area (TPSA) is 87.1 Å². The second-order valence-corrected chi connectivity index (χ2v) is 5.83. The van der Waals surface area contributed by atoms with Crippen molar-refractivity contribution in [2.24, 2.45) is 0 Å². The molecule has 2 aromatic heterocycles. The Labute approximate surface area is 152 Å². The normalized spacial score (nSPS) is 11.7. The Balaban J connectivity index is 1.71. The molecule has 6 heteroatoms. The third kappa shape index (κ3) is 4.87. The first-order valence-corrected chi connectivity index (χ1v) is 8.30. The number of pyridine rings is 2. The molecule has 3 N–H and O–H groups in total. The zero-order chi connectivity index (χ0) is 18.2. The van der Waals surface area contributed by atoms with Crippen LogP contribution in [0.3, 0.4) is 0 Å². The van der Waals surface area contributed by atoms with E-state index in [0.717, 1.165) is 16.7 Å². The van der Waals surface area contributed by atoms with E-state index in [2.05, 4.69) is 20.6 Å². The Hall–Kier alpha value is -3.25. The van der Waals surface area contributed by atoms with Gasteiger partial charge in [-0.3, -0.25) is 20.1 Å². The molecule has 2 heterocycles. The summed E-state index contributed by atoms with van der Waals surface area (Å²) in [6, 6.07) is 13.6. The number of hydrogen-bond donors (Lipinski definition) is 3. The number of amides is 1. The van der Waals surface area contributed by atoms with Crippen molar-refractivity contribution in [3.63, 3.8) is 0 Å². The molecule has 0 spiro atoms. The SMILES string of the molecule is O=C(NCc1ccncc1)C(NCc1ccncc1)c1ccc(O)cc1. The molecule has 0 saturated heterocycles. The number of aromatic hydroxyl groups is 1. The van der Waals surface area contributed by atoms with Crippen molar-refractivity contribution in [2.45, 2.75) is 19.1 Å². The Morgan fingerprint density at radius 2 is 1.38 bits per heavy atom. The molecule has 0 fully saturated rings. The molecule has 1 aromatic carbocycles. The summed E-state index contributed by atoms with van der Waals surface area (Å²) in [5, 5.41) is 15.7. The van der Waals surface area contributed by atoms with Crippen molar-refractivity contribution in [1.29, 1.82) is 0 Å².